The van der Waals surface area contributed by atoms with Gasteiger partial charge in [0.25, 0.3) is 0 Å². The van der Waals surface area contributed by atoms with Gasteiger partial charge >= 0.3 is 5.97 Å². The number of esters is 1. The number of nitrogens with one attached hydrogen (secondary N) is 1. The quantitative estimate of drug-likeness (QED) is 0.590. The van der Waals surface area contributed by atoms with E-state index in [4.69, 9.17) is 9.47 Å². The topological polar surface area (TPSA) is 81.7 Å². The van der Waals surface area contributed by atoms with Crippen LogP contribution in [-0.4, -0.2) is 31.4 Å². The van der Waals surface area contributed by atoms with Crippen LogP contribution < -0.4 is 10.1 Å². The third-order valence-corrected chi connectivity index (χ3v) is 3.40. The van der Waals surface area contributed by atoms with Gasteiger partial charge in [0.1, 0.15) is 5.75 Å². The highest BCUT2D eigenvalue weighted by Crippen LogP contribution is 2.23. The molecule has 0 unspecified atom stereocenters. The Labute approximate surface area is 145 Å². The van der Waals surface area contributed by atoms with Crippen LogP contribution in [0.3, 0.4) is 0 Å². The molecule has 0 aliphatic rings. The van der Waals surface area contributed by atoms with Crippen molar-refractivity contribution >= 4 is 23.3 Å². The summed E-state index contributed by atoms with van der Waals surface area (Å²) in [5.74, 6) is -0.686. The fraction of sp³-hybridized carbons (Fsp3) is 0.211. The zero-order valence-electron chi connectivity index (χ0n) is 13.9. The number of anilines is 1. The smallest absolute Gasteiger partial charge is 0.306 e. The monoisotopic (exact) mass is 341 g/mol. The molecule has 0 bridgehead atoms. The van der Waals surface area contributed by atoms with E-state index in [0.717, 1.165) is 0 Å². The highest BCUT2D eigenvalue weighted by atomic mass is 16.5. The maximum Gasteiger partial charge on any atom is 0.306 e. The lowest BCUT2D eigenvalue weighted by atomic mass is 10.1. The van der Waals surface area contributed by atoms with Crippen molar-refractivity contribution in [3.8, 4) is 5.75 Å². The van der Waals surface area contributed by atoms with Gasteiger partial charge in [-0.05, 0) is 12.1 Å². The zero-order valence-corrected chi connectivity index (χ0v) is 13.9. The molecule has 0 saturated heterocycles. The first-order chi connectivity index (χ1) is 12.1. The van der Waals surface area contributed by atoms with E-state index in [1.807, 2.05) is 0 Å². The lowest BCUT2D eigenvalue weighted by molar-refractivity contribution is -0.143. The van der Waals surface area contributed by atoms with Crippen LogP contribution in [0.15, 0.2) is 54.6 Å². The van der Waals surface area contributed by atoms with Crippen molar-refractivity contribution in [3.05, 3.63) is 60.2 Å². The summed E-state index contributed by atoms with van der Waals surface area (Å²) in [7, 11) is 1.51. The standard InChI is InChI=1S/C19H19NO5/c1-24-17-10-6-5-9-15(17)20-18(22)11-12-19(23)25-13-16(21)14-7-3-2-4-8-14/h2-10H,11-13H2,1H3,(H,20,22). The number of methoxy groups -OCH3 is 1. The predicted molar refractivity (Wildman–Crippen MR) is 92.6 cm³/mol. The van der Waals surface area contributed by atoms with Crippen molar-refractivity contribution in [2.45, 2.75) is 12.8 Å². The Morgan fingerprint density at radius 2 is 1.60 bits per heavy atom. The van der Waals surface area contributed by atoms with Crippen molar-refractivity contribution in [2.24, 2.45) is 0 Å². The summed E-state index contributed by atoms with van der Waals surface area (Å²) in [5, 5.41) is 2.67. The molecule has 1 amide bonds. The third-order valence-electron chi connectivity index (χ3n) is 3.40. The Morgan fingerprint density at radius 3 is 2.32 bits per heavy atom. The number of ketones is 1. The second-order valence-electron chi connectivity index (χ2n) is 5.20. The molecule has 2 rings (SSSR count). The minimum absolute atomic E-state index is 0.0452. The van der Waals surface area contributed by atoms with Gasteiger partial charge in [-0.1, -0.05) is 42.5 Å². The number of benzene rings is 2. The van der Waals surface area contributed by atoms with Gasteiger partial charge < -0.3 is 14.8 Å². The first-order valence-electron chi connectivity index (χ1n) is 7.77. The van der Waals surface area contributed by atoms with Gasteiger partial charge in [-0.2, -0.15) is 0 Å². The fourth-order valence-electron chi connectivity index (χ4n) is 2.10. The number of hydrogen-bond donors (Lipinski definition) is 1. The number of hydrogen-bond acceptors (Lipinski definition) is 5. The van der Waals surface area contributed by atoms with E-state index >= 15 is 0 Å². The number of carbonyl (C=O) groups is 3. The second kappa shape index (κ2) is 9.22. The van der Waals surface area contributed by atoms with Crippen LogP contribution >= 0.6 is 0 Å². The molecule has 6 nitrogen and oxygen atoms in total. The Balaban J connectivity index is 1.74. The van der Waals surface area contributed by atoms with Gasteiger partial charge in [0, 0.05) is 12.0 Å². The number of carbonyl (C=O) groups excluding carboxylic acids is 3. The minimum Gasteiger partial charge on any atom is -0.495 e. The van der Waals surface area contributed by atoms with Crippen LogP contribution in [0.25, 0.3) is 0 Å². The molecule has 1 N–H and O–H groups in total. The summed E-state index contributed by atoms with van der Waals surface area (Å²) < 4.78 is 10.0. The summed E-state index contributed by atoms with van der Waals surface area (Å²) in [6, 6.07) is 15.5. The molecule has 0 aromatic heterocycles. The van der Waals surface area contributed by atoms with Crippen LogP contribution in [-0.2, 0) is 14.3 Å². The molecule has 0 saturated carbocycles. The SMILES string of the molecule is COc1ccccc1NC(=O)CCC(=O)OCC(=O)c1ccccc1. The number of para-hydroxylation sites is 2. The van der Waals surface area contributed by atoms with Gasteiger partial charge in [0.15, 0.2) is 12.4 Å². The van der Waals surface area contributed by atoms with Gasteiger partial charge in [0.2, 0.25) is 5.91 Å². The molecule has 0 aliphatic heterocycles. The maximum atomic E-state index is 11.9. The predicted octanol–water partition coefficient (Wildman–Crippen LogP) is 2.84. The van der Waals surface area contributed by atoms with Crippen LogP contribution in [0.5, 0.6) is 5.75 Å². The number of Topliss-reactive ketones (excluding diaryl/α,β-unsaturated/α-hetero) is 1. The van der Waals surface area contributed by atoms with Crippen molar-refractivity contribution < 1.29 is 23.9 Å². The Hall–Kier alpha value is -3.15. The van der Waals surface area contributed by atoms with E-state index < -0.39 is 5.97 Å². The molecule has 0 radical (unpaired) electrons. The molecule has 130 valence electrons. The highest BCUT2D eigenvalue weighted by molar-refractivity contribution is 5.98. The Bertz CT molecular complexity index is 742. The van der Waals surface area contributed by atoms with E-state index in [1.165, 1.54) is 7.11 Å². The molecule has 2 aromatic rings. The van der Waals surface area contributed by atoms with Crippen LogP contribution in [0, 0.1) is 0 Å². The largest absolute Gasteiger partial charge is 0.495 e. The molecule has 2 aromatic carbocycles. The summed E-state index contributed by atoms with van der Waals surface area (Å²) in [5.41, 5.74) is 1.01. The molecule has 6 heteroatoms. The summed E-state index contributed by atoms with van der Waals surface area (Å²) in [6.07, 6.45) is -0.153. The zero-order chi connectivity index (χ0) is 18.1. The fourth-order valence-corrected chi connectivity index (χ4v) is 2.10. The molecule has 0 spiro atoms. The summed E-state index contributed by atoms with van der Waals surface area (Å²) in [4.78, 5) is 35.4. The van der Waals surface area contributed by atoms with E-state index in [1.54, 1.807) is 54.6 Å². The number of rotatable bonds is 8. The van der Waals surface area contributed by atoms with Crippen LogP contribution in [0.4, 0.5) is 5.69 Å². The average molecular weight is 341 g/mol. The van der Waals surface area contributed by atoms with Gasteiger partial charge in [-0.25, -0.2) is 0 Å². The van der Waals surface area contributed by atoms with Crippen molar-refractivity contribution in [3.63, 3.8) is 0 Å². The van der Waals surface area contributed by atoms with E-state index in [-0.39, 0.29) is 31.1 Å². The Kier molecular flexibility index (Phi) is 6.71. The van der Waals surface area contributed by atoms with Gasteiger partial charge in [-0.3, -0.25) is 14.4 Å². The van der Waals surface area contributed by atoms with E-state index in [0.29, 0.717) is 17.0 Å². The number of ether oxygens (including phenoxy) is 2. The lowest BCUT2D eigenvalue weighted by Crippen LogP contribution is -2.17. The normalized spacial score (nSPS) is 9.96. The molecular formula is C19H19NO5. The van der Waals surface area contributed by atoms with Gasteiger partial charge in [-0.15, -0.1) is 0 Å². The van der Waals surface area contributed by atoms with Crippen molar-refractivity contribution in [1.29, 1.82) is 0 Å². The first kappa shape index (κ1) is 18.2. The second-order valence-corrected chi connectivity index (χ2v) is 5.20. The average Bonchev–Trinajstić information content (AvgIpc) is 2.65. The highest BCUT2D eigenvalue weighted by Gasteiger charge is 2.12. The molecule has 0 fully saturated rings. The van der Waals surface area contributed by atoms with Gasteiger partial charge in [0.05, 0.1) is 19.2 Å². The van der Waals surface area contributed by atoms with Crippen molar-refractivity contribution in [2.75, 3.05) is 19.0 Å². The summed E-state index contributed by atoms with van der Waals surface area (Å²) in [6.45, 7) is -0.336. The molecule has 25 heavy (non-hydrogen) atoms. The maximum absolute atomic E-state index is 11.9. The Morgan fingerprint density at radius 1 is 0.920 bits per heavy atom. The molecule has 0 atom stereocenters. The molecular weight excluding hydrogens is 322 g/mol. The summed E-state index contributed by atoms with van der Waals surface area (Å²) >= 11 is 0. The minimum atomic E-state index is -0.598. The van der Waals surface area contributed by atoms with Crippen LogP contribution in [0.2, 0.25) is 0 Å². The van der Waals surface area contributed by atoms with Crippen molar-refractivity contribution in [1.82, 2.24) is 0 Å². The molecule has 0 heterocycles. The van der Waals surface area contributed by atoms with E-state index in [2.05, 4.69) is 5.32 Å². The number of amides is 1. The third kappa shape index (κ3) is 5.76. The molecule has 0 aliphatic carbocycles. The first-order valence-corrected chi connectivity index (χ1v) is 7.77. The van der Waals surface area contributed by atoms with Crippen LogP contribution in [0.1, 0.15) is 23.2 Å². The van der Waals surface area contributed by atoms with E-state index in [9.17, 15) is 14.4 Å². The lowest BCUT2D eigenvalue weighted by Gasteiger charge is -2.09.